The average Bonchev–Trinajstić information content (AvgIpc) is 3.28. The van der Waals surface area contributed by atoms with Gasteiger partial charge >= 0.3 is 6.03 Å². The van der Waals surface area contributed by atoms with Crippen LogP contribution in [0.25, 0.3) is 0 Å². The lowest BCUT2D eigenvalue weighted by Crippen LogP contribution is -2.70. The number of carbonyl (C=O) groups is 3. The molecule has 37 heavy (non-hydrogen) atoms. The Kier molecular flexibility index (Phi) is 7.23. The van der Waals surface area contributed by atoms with Gasteiger partial charge in [-0.2, -0.15) is 0 Å². The number of aromatic nitrogens is 3. The number of benzene rings is 1. The van der Waals surface area contributed by atoms with E-state index in [4.69, 9.17) is 5.73 Å². The third kappa shape index (κ3) is 5.16. The first-order valence-corrected chi connectivity index (χ1v) is 12.0. The van der Waals surface area contributed by atoms with Crippen LogP contribution < -0.4 is 16.0 Å². The minimum Gasteiger partial charge on any atom is -0.384 e. The lowest BCUT2D eigenvalue weighted by molar-refractivity contribution is -0.156. The highest BCUT2D eigenvalue weighted by atomic mass is 19.1. The molecule has 3 atom stereocenters. The highest BCUT2D eigenvalue weighted by Gasteiger charge is 2.55. The molecule has 4 amide bonds. The van der Waals surface area contributed by atoms with Gasteiger partial charge in [0.2, 0.25) is 11.9 Å². The molecule has 194 valence electrons. The summed E-state index contributed by atoms with van der Waals surface area (Å²) in [5.74, 6) is -1.37. The number of likely N-dealkylation sites (tertiary alicyclic amines) is 1. The van der Waals surface area contributed by atoms with Gasteiger partial charge in [-0.3, -0.25) is 19.4 Å². The first-order valence-electron chi connectivity index (χ1n) is 12.0. The van der Waals surface area contributed by atoms with Crippen LogP contribution >= 0.6 is 0 Å². The van der Waals surface area contributed by atoms with Crippen molar-refractivity contribution < 1.29 is 18.8 Å². The van der Waals surface area contributed by atoms with Crippen molar-refractivity contribution in [2.24, 2.45) is 13.0 Å². The van der Waals surface area contributed by atoms with Crippen molar-refractivity contribution in [3.8, 4) is 0 Å². The van der Waals surface area contributed by atoms with E-state index in [1.807, 2.05) is 6.92 Å². The van der Waals surface area contributed by atoms with Crippen molar-refractivity contribution in [1.82, 2.24) is 24.8 Å². The second-order valence-corrected chi connectivity index (χ2v) is 9.20. The number of imidazole rings is 1. The summed E-state index contributed by atoms with van der Waals surface area (Å²) in [5, 5.41) is 2.83. The van der Waals surface area contributed by atoms with Gasteiger partial charge in [-0.05, 0) is 55.2 Å². The maximum absolute atomic E-state index is 13.7. The van der Waals surface area contributed by atoms with Crippen molar-refractivity contribution in [3.05, 3.63) is 71.4 Å². The smallest absolute Gasteiger partial charge is 0.325 e. The molecule has 0 bridgehead atoms. The summed E-state index contributed by atoms with van der Waals surface area (Å²) in [4.78, 5) is 51.0. The Labute approximate surface area is 214 Å². The number of likely N-dealkylation sites (N-methyl/N-ethyl adjacent to an activating group) is 1. The maximum atomic E-state index is 13.7. The Balaban J connectivity index is 1.61. The van der Waals surface area contributed by atoms with E-state index < -0.39 is 35.8 Å². The Hall–Kier alpha value is -4.28. The molecule has 11 heteroatoms. The Morgan fingerprint density at radius 2 is 1.95 bits per heavy atom. The molecular weight excluding hydrogens is 477 g/mol. The largest absolute Gasteiger partial charge is 0.384 e. The van der Waals surface area contributed by atoms with Crippen molar-refractivity contribution in [3.63, 3.8) is 0 Å². The Morgan fingerprint density at radius 1 is 1.24 bits per heavy atom. The number of nitrogen functional groups attached to an aromatic ring is 1. The van der Waals surface area contributed by atoms with Crippen molar-refractivity contribution >= 4 is 29.6 Å². The monoisotopic (exact) mass is 507 g/mol. The number of amides is 4. The second-order valence-electron chi connectivity index (χ2n) is 9.20. The Bertz CT molecular complexity index is 1300. The number of nitrogens with one attached hydrogen (secondary N) is 1. The van der Waals surface area contributed by atoms with Gasteiger partial charge in [0.1, 0.15) is 17.7 Å². The number of aryl methyl sites for hydroxylation is 2. The number of rotatable bonds is 7. The minimum atomic E-state index is -1.05. The number of carbonyl (C=O) groups excluding carboxylic acids is 3. The van der Waals surface area contributed by atoms with Crippen LogP contribution in [0.5, 0.6) is 0 Å². The molecule has 1 fully saturated rings. The van der Waals surface area contributed by atoms with Crippen LogP contribution in [0.15, 0.2) is 48.8 Å². The number of pyridine rings is 1. The summed E-state index contributed by atoms with van der Waals surface area (Å²) in [7, 11) is 3.31. The van der Waals surface area contributed by atoms with E-state index in [0.717, 1.165) is 10.5 Å². The third-order valence-electron chi connectivity index (χ3n) is 6.58. The van der Waals surface area contributed by atoms with E-state index in [9.17, 15) is 18.8 Å². The molecule has 1 aliphatic heterocycles. The molecular formula is C26H30FN7O3. The van der Waals surface area contributed by atoms with Crippen LogP contribution in [0, 0.1) is 18.7 Å². The number of nitrogens with zero attached hydrogens (tertiary/aromatic N) is 5. The molecule has 1 saturated heterocycles. The van der Waals surface area contributed by atoms with Crippen LogP contribution in [-0.4, -0.2) is 50.4 Å². The van der Waals surface area contributed by atoms with Crippen LogP contribution in [0.2, 0.25) is 0 Å². The molecule has 0 radical (unpaired) electrons. The number of hydrogen-bond acceptors (Lipinski definition) is 6. The summed E-state index contributed by atoms with van der Waals surface area (Å²) in [6, 6.07) is 7.05. The fourth-order valence-corrected chi connectivity index (χ4v) is 4.71. The van der Waals surface area contributed by atoms with Gasteiger partial charge in [0.25, 0.3) is 5.91 Å². The zero-order chi connectivity index (χ0) is 26.9. The van der Waals surface area contributed by atoms with Crippen LogP contribution in [0.3, 0.4) is 0 Å². The second kappa shape index (κ2) is 10.4. The number of hydrogen-bond donors (Lipinski definition) is 2. The molecule has 3 aromatic rings. The normalized spacial score (nSPS) is 17.8. The predicted molar refractivity (Wildman–Crippen MR) is 136 cm³/mol. The summed E-state index contributed by atoms with van der Waals surface area (Å²) >= 11 is 0. The van der Waals surface area contributed by atoms with E-state index in [1.165, 1.54) is 17.0 Å². The predicted octanol–water partition coefficient (Wildman–Crippen LogP) is 2.74. The van der Waals surface area contributed by atoms with Gasteiger partial charge in [-0.1, -0.05) is 19.1 Å². The lowest BCUT2D eigenvalue weighted by atomic mass is 9.81. The SMILES string of the molecule is CCC(NC(=O)N1C(=O)[C@H](Cc2cc(C)nc(N)c2)[C@H]1C(=O)N(C)c1nccn1C)c1ccc(F)cc1. The lowest BCUT2D eigenvalue weighted by Gasteiger charge is -2.45. The fraction of sp³-hybridized carbons (Fsp3) is 0.346. The standard InChI is InChI=1S/C26H30FN7O3/c1-5-20(17-6-8-18(27)9-7-17)31-26(37)34-22(24(36)33(4)25-29-10-11-32(25)3)19(23(34)35)13-16-12-15(2)30-21(28)14-16/h6-12,14,19-20,22H,5,13H2,1-4H3,(H2,28,30)(H,31,37)/t19-,20?,22+/m1/s1. The van der Waals surface area contributed by atoms with Crippen molar-refractivity contribution in [2.45, 2.75) is 38.8 Å². The summed E-state index contributed by atoms with van der Waals surface area (Å²) in [5.41, 5.74) is 8.01. The van der Waals surface area contributed by atoms with Gasteiger partial charge in [0, 0.05) is 32.2 Å². The number of halogens is 1. The zero-order valence-electron chi connectivity index (χ0n) is 21.2. The molecule has 0 saturated carbocycles. The van der Waals surface area contributed by atoms with Gasteiger partial charge in [-0.25, -0.2) is 19.2 Å². The molecule has 3 heterocycles. The highest BCUT2D eigenvalue weighted by molar-refractivity contribution is 6.12. The molecule has 0 aliphatic carbocycles. The Morgan fingerprint density at radius 3 is 2.54 bits per heavy atom. The first kappa shape index (κ1) is 25.8. The van der Waals surface area contributed by atoms with Crippen molar-refractivity contribution in [1.29, 1.82) is 0 Å². The van der Waals surface area contributed by atoms with Crippen LogP contribution in [0.1, 0.15) is 36.2 Å². The number of imide groups is 1. The zero-order valence-corrected chi connectivity index (χ0v) is 21.2. The van der Waals surface area contributed by atoms with E-state index in [2.05, 4.69) is 15.3 Å². The van der Waals surface area contributed by atoms with E-state index in [1.54, 1.807) is 62.2 Å². The third-order valence-corrected chi connectivity index (χ3v) is 6.58. The van der Waals surface area contributed by atoms with E-state index in [0.29, 0.717) is 29.4 Å². The maximum Gasteiger partial charge on any atom is 0.325 e. The van der Waals surface area contributed by atoms with Crippen molar-refractivity contribution in [2.75, 3.05) is 17.7 Å². The van der Waals surface area contributed by atoms with Crippen LogP contribution in [-0.2, 0) is 23.1 Å². The molecule has 3 N–H and O–H groups in total. The molecule has 0 spiro atoms. The van der Waals surface area contributed by atoms with Gasteiger partial charge < -0.3 is 15.6 Å². The first-order chi connectivity index (χ1) is 17.6. The average molecular weight is 508 g/mol. The number of β-lactam (4-membered cyclic amide) rings is 1. The summed E-state index contributed by atoms with van der Waals surface area (Å²) < 4.78 is 15.1. The summed E-state index contributed by atoms with van der Waals surface area (Å²) in [6.45, 7) is 3.66. The topological polar surface area (TPSA) is 126 Å². The van der Waals surface area contributed by atoms with E-state index >= 15 is 0 Å². The molecule has 4 rings (SSSR count). The number of nitrogens with two attached hydrogens (primary N) is 1. The summed E-state index contributed by atoms with van der Waals surface area (Å²) in [6.07, 6.45) is 3.98. The molecule has 10 nitrogen and oxygen atoms in total. The minimum absolute atomic E-state index is 0.218. The number of anilines is 2. The van der Waals surface area contributed by atoms with Gasteiger partial charge in [-0.15, -0.1) is 0 Å². The van der Waals surface area contributed by atoms with E-state index in [-0.39, 0.29) is 12.2 Å². The molecule has 1 aliphatic rings. The molecule has 2 aromatic heterocycles. The molecule has 1 unspecified atom stereocenters. The molecule has 1 aromatic carbocycles. The van der Waals surface area contributed by atoms with Gasteiger partial charge in [0.15, 0.2) is 0 Å². The fourth-order valence-electron chi connectivity index (χ4n) is 4.71. The van der Waals surface area contributed by atoms with Gasteiger partial charge in [0.05, 0.1) is 12.0 Å². The number of urea groups is 1. The quantitative estimate of drug-likeness (QED) is 0.474. The highest BCUT2D eigenvalue weighted by Crippen LogP contribution is 2.33. The van der Waals surface area contributed by atoms with Crippen LogP contribution in [0.4, 0.5) is 21.0 Å².